The average molecular weight is 270 g/mol. The van der Waals surface area contributed by atoms with Gasteiger partial charge in [0, 0.05) is 17.5 Å². The molecule has 4 nitrogen and oxygen atoms in total. The van der Waals surface area contributed by atoms with Crippen molar-refractivity contribution >= 4 is 17.6 Å². The summed E-state index contributed by atoms with van der Waals surface area (Å²) in [5.74, 6) is -1.01. The maximum atomic E-state index is 13.0. The second-order valence-corrected chi connectivity index (χ2v) is 4.11. The van der Waals surface area contributed by atoms with Gasteiger partial charge in [0.05, 0.1) is 11.2 Å². The van der Waals surface area contributed by atoms with Gasteiger partial charge in [-0.15, -0.1) is 0 Å². The molecule has 94 valence electrons. The number of nitrogens with zero attached hydrogens (tertiary/aromatic N) is 1. The lowest BCUT2D eigenvalue weighted by Gasteiger charge is -2.01. The maximum absolute atomic E-state index is 13.0. The summed E-state index contributed by atoms with van der Waals surface area (Å²) in [6.45, 7) is 0. The zero-order chi connectivity index (χ0) is 13.1. The van der Waals surface area contributed by atoms with Crippen LogP contribution in [0.5, 0.6) is 0 Å². The molecule has 0 aliphatic carbocycles. The van der Waals surface area contributed by atoms with E-state index in [0.29, 0.717) is 23.3 Å². The van der Waals surface area contributed by atoms with Crippen molar-refractivity contribution in [2.45, 2.75) is 12.8 Å². The summed E-state index contributed by atoms with van der Waals surface area (Å²) in [6, 6.07) is 4.15. The standard InChI is InChI=1S/C12H9ClFNO3/c13-9-5-7(1-3-10(9)14)12-8(6-15-18-12)2-4-11(16)17/h1,3,5-6H,2,4H2,(H,16,17). The fourth-order valence-corrected chi connectivity index (χ4v) is 1.74. The van der Waals surface area contributed by atoms with Gasteiger partial charge in [-0.3, -0.25) is 4.79 Å². The van der Waals surface area contributed by atoms with Crippen molar-refractivity contribution in [3.8, 4) is 11.3 Å². The van der Waals surface area contributed by atoms with Gasteiger partial charge in [-0.2, -0.15) is 0 Å². The van der Waals surface area contributed by atoms with Crippen molar-refractivity contribution in [2.24, 2.45) is 0 Å². The summed E-state index contributed by atoms with van der Waals surface area (Å²) >= 11 is 5.68. The van der Waals surface area contributed by atoms with Crippen LogP contribution in [0.2, 0.25) is 5.02 Å². The van der Waals surface area contributed by atoms with Crippen LogP contribution in [0.4, 0.5) is 4.39 Å². The number of carboxylic acids is 1. The lowest BCUT2D eigenvalue weighted by Crippen LogP contribution is -1.97. The van der Waals surface area contributed by atoms with Crippen molar-refractivity contribution < 1.29 is 18.8 Å². The Bertz CT molecular complexity index is 582. The molecule has 0 atom stereocenters. The molecule has 1 aromatic heterocycles. The van der Waals surface area contributed by atoms with E-state index in [2.05, 4.69) is 5.16 Å². The third kappa shape index (κ3) is 2.68. The molecular formula is C12H9ClFNO3. The van der Waals surface area contributed by atoms with Gasteiger partial charge < -0.3 is 9.63 Å². The minimum atomic E-state index is -0.903. The number of rotatable bonds is 4. The number of carbonyl (C=O) groups is 1. The van der Waals surface area contributed by atoms with Gasteiger partial charge in [-0.1, -0.05) is 16.8 Å². The summed E-state index contributed by atoms with van der Waals surface area (Å²) in [5.41, 5.74) is 1.22. The average Bonchev–Trinajstić information content (AvgIpc) is 2.78. The molecule has 0 bridgehead atoms. The van der Waals surface area contributed by atoms with E-state index in [1.54, 1.807) is 0 Å². The number of benzene rings is 1. The molecule has 0 saturated heterocycles. The summed E-state index contributed by atoms with van der Waals surface area (Å²) in [5, 5.41) is 12.2. The number of aryl methyl sites for hydroxylation is 1. The van der Waals surface area contributed by atoms with Crippen LogP contribution in [0.3, 0.4) is 0 Å². The van der Waals surface area contributed by atoms with Crippen LogP contribution in [0.25, 0.3) is 11.3 Å². The Labute approximate surface area is 107 Å². The van der Waals surface area contributed by atoms with Gasteiger partial charge in [0.25, 0.3) is 0 Å². The molecule has 0 saturated carbocycles. The highest BCUT2D eigenvalue weighted by Crippen LogP contribution is 2.28. The van der Waals surface area contributed by atoms with Crippen LogP contribution in [0.1, 0.15) is 12.0 Å². The van der Waals surface area contributed by atoms with Crippen molar-refractivity contribution in [2.75, 3.05) is 0 Å². The Hall–Kier alpha value is -1.88. The SMILES string of the molecule is O=C(O)CCc1cnoc1-c1ccc(F)c(Cl)c1. The Morgan fingerprint density at radius 3 is 2.94 bits per heavy atom. The highest BCUT2D eigenvalue weighted by atomic mass is 35.5. The normalized spacial score (nSPS) is 10.6. The third-order valence-corrected chi connectivity index (χ3v) is 2.72. The molecular weight excluding hydrogens is 261 g/mol. The van der Waals surface area contributed by atoms with Crippen LogP contribution < -0.4 is 0 Å². The maximum Gasteiger partial charge on any atom is 0.303 e. The van der Waals surface area contributed by atoms with E-state index < -0.39 is 11.8 Å². The van der Waals surface area contributed by atoms with Crippen molar-refractivity contribution in [3.05, 3.63) is 40.8 Å². The molecule has 2 aromatic rings. The number of carboxylic acid groups (broad SMARTS) is 1. The fraction of sp³-hybridized carbons (Fsp3) is 0.167. The third-order valence-electron chi connectivity index (χ3n) is 2.43. The summed E-state index contributed by atoms with van der Waals surface area (Å²) < 4.78 is 18.1. The number of aromatic nitrogens is 1. The Balaban J connectivity index is 2.30. The monoisotopic (exact) mass is 269 g/mol. The minimum absolute atomic E-state index is 0.0203. The second kappa shape index (κ2) is 5.18. The van der Waals surface area contributed by atoms with Crippen LogP contribution in [0.15, 0.2) is 28.9 Å². The Kier molecular flexibility index (Phi) is 3.62. The molecule has 0 radical (unpaired) electrons. The quantitative estimate of drug-likeness (QED) is 0.926. The first-order valence-electron chi connectivity index (χ1n) is 5.18. The topological polar surface area (TPSA) is 63.3 Å². The number of halogens is 2. The number of aliphatic carboxylic acids is 1. The van der Waals surface area contributed by atoms with Crippen LogP contribution in [0, 0.1) is 5.82 Å². The lowest BCUT2D eigenvalue weighted by molar-refractivity contribution is -0.136. The van der Waals surface area contributed by atoms with Crippen LogP contribution in [-0.2, 0) is 11.2 Å². The predicted octanol–water partition coefficient (Wildman–Crippen LogP) is 3.15. The van der Waals surface area contributed by atoms with Gasteiger partial charge in [-0.05, 0) is 24.6 Å². The van der Waals surface area contributed by atoms with E-state index in [4.69, 9.17) is 21.2 Å². The van der Waals surface area contributed by atoms with Crippen molar-refractivity contribution in [1.29, 1.82) is 0 Å². The van der Waals surface area contributed by atoms with E-state index in [-0.39, 0.29) is 11.4 Å². The van der Waals surface area contributed by atoms with E-state index in [0.717, 1.165) is 0 Å². The smallest absolute Gasteiger partial charge is 0.303 e. The predicted molar refractivity (Wildman–Crippen MR) is 62.9 cm³/mol. The molecule has 0 aliphatic heterocycles. The summed E-state index contributed by atoms with van der Waals surface area (Å²) in [6.07, 6.45) is 1.72. The van der Waals surface area contributed by atoms with Crippen molar-refractivity contribution in [1.82, 2.24) is 5.16 Å². The molecule has 2 rings (SSSR count). The lowest BCUT2D eigenvalue weighted by atomic mass is 10.1. The van der Waals surface area contributed by atoms with Crippen LogP contribution in [-0.4, -0.2) is 16.2 Å². The Morgan fingerprint density at radius 2 is 2.28 bits per heavy atom. The zero-order valence-corrected chi connectivity index (χ0v) is 9.95. The first-order valence-corrected chi connectivity index (χ1v) is 5.56. The number of hydrogen-bond donors (Lipinski definition) is 1. The fourth-order valence-electron chi connectivity index (χ4n) is 1.56. The number of hydrogen-bond acceptors (Lipinski definition) is 3. The van der Waals surface area contributed by atoms with Gasteiger partial charge in [-0.25, -0.2) is 4.39 Å². The van der Waals surface area contributed by atoms with Gasteiger partial charge >= 0.3 is 5.97 Å². The molecule has 0 fully saturated rings. The molecule has 1 heterocycles. The van der Waals surface area contributed by atoms with Gasteiger partial charge in [0.1, 0.15) is 5.82 Å². The Morgan fingerprint density at radius 1 is 1.50 bits per heavy atom. The second-order valence-electron chi connectivity index (χ2n) is 3.70. The van der Waals surface area contributed by atoms with Gasteiger partial charge in [0.15, 0.2) is 5.76 Å². The molecule has 0 amide bonds. The molecule has 0 aliphatic rings. The van der Waals surface area contributed by atoms with E-state index in [9.17, 15) is 9.18 Å². The highest BCUT2D eigenvalue weighted by Gasteiger charge is 2.13. The summed E-state index contributed by atoms with van der Waals surface area (Å²) in [4.78, 5) is 10.5. The summed E-state index contributed by atoms with van der Waals surface area (Å²) in [7, 11) is 0. The van der Waals surface area contributed by atoms with E-state index >= 15 is 0 Å². The van der Waals surface area contributed by atoms with Crippen molar-refractivity contribution in [3.63, 3.8) is 0 Å². The molecule has 6 heteroatoms. The minimum Gasteiger partial charge on any atom is -0.481 e. The molecule has 0 unspecified atom stereocenters. The molecule has 18 heavy (non-hydrogen) atoms. The molecule has 1 aromatic carbocycles. The molecule has 1 N–H and O–H groups in total. The first kappa shape index (κ1) is 12.6. The van der Waals surface area contributed by atoms with Gasteiger partial charge in [0.2, 0.25) is 0 Å². The zero-order valence-electron chi connectivity index (χ0n) is 9.19. The highest BCUT2D eigenvalue weighted by molar-refractivity contribution is 6.31. The van der Waals surface area contributed by atoms with Crippen LogP contribution >= 0.6 is 11.6 Å². The van der Waals surface area contributed by atoms with E-state index in [1.807, 2.05) is 0 Å². The first-order chi connectivity index (χ1) is 8.58. The largest absolute Gasteiger partial charge is 0.481 e. The molecule has 0 spiro atoms. The van der Waals surface area contributed by atoms with E-state index in [1.165, 1.54) is 24.4 Å².